The van der Waals surface area contributed by atoms with E-state index in [0.717, 1.165) is 29.3 Å². The van der Waals surface area contributed by atoms with Crippen LogP contribution in [-0.4, -0.2) is 59.3 Å². The van der Waals surface area contributed by atoms with Gasteiger partial charge in [0.05, 0.1) is 0 Å². The molecule has 0 radical (unpaired) electrons. The Morgan fingerprint density at radius 2 is 1.62 bits per heavy atom. The van der Waals surface area contributed by atoms with Crippen LogP contribution in [0.15, 0.2) is 60.7 Å². The first-order valence-electron chi connectivity index (χ1n) is 10.6. The number of nitrogens with one attached hydrogen (secondary N) is 2. The summed E-state index contributed by atoms with van der Waals surface area (Å²) in [7, 11) is 0. The zero-order valence-electron chi connectivity index (χ0n) is 17.9. The van der Waals surface area contributed by atoms with Crippen molar-refractivity contribution in [1.29, 1.82) is 0 Å². The van der Waals surface area contributed by atoms with Crippen molar-refractivity contribution in [3.8, 4) is 0 Å². The molecule has 2 N–H and O–H groups in total. The largest absolute Gasteiger partial charge is 0.368 e. The van der Waals surface area contributed by atoms with Crippen molar-refractivity contribution in [1.82, 2.24) is 20.4 Å². The first-order valence-corrected chi connectivity index (χ1v) is 11.4. The number of para-hydroxylation sites is 1. The first-order chi connectivity index (χ1) is 15.6. The monoisotopic (exact) mass is 450 g/mol. The van der Waals surface area contributed by atoms with E-state index in [-0.39, 0.29) is 11.9 Å². The SMILES string of the molecule is C[C@@H](NC(=O)N1CCN(c2ccccc2)CC1)C(=O)Nc1nnc(Cc2ccccc2)s1. The highest BCUT2D eigenvalue weighted by Crippen LogP contribution is 2.19. The molecule has 0 aliphatic carbocycles. The fraction of sp³-hybridized carbons (Fsp3) is 0.304. The van der Waals surface area contributed by atoms with Crippen LogP contribution in [0.4, 0.5) is 15.6 Å². The van der Waals surface area contributed by atoms with E-state index in [1.165, 1.54) is 11.3 Å². The van der Waals surface area contributed by atoms with Crippen LogP contribution in [0.25, 0.3) is 0 Å². The molecule has 2 aromatic carbocycles. The van der Waals surface area contributed by atoms with Crippen molar-refractivity contribution in [3.63, 3.8) is 0 Å². The van der Waals surface area contributed by atoms with Gasteiger partial charge >= 0.3 is 6.03 Å². The lowest BCUT2D eigenvalue weighted by molar-refractivity contribution is -0.117. The second kappa shape index (κ2) is 10.2. The summed E-state index contributed by atoms with van der Waals surface area (Å²) >= 11 is 1.34. The molecule has 0 saturated carbocycles. The van der Waals surface area contributed by atoms with E-state index in [1.54, 1.807) is 11.8 Å². The normalized spacial score (nSPS) is 14.7. The Morgan fingerprint density at radius 1 is 0.969 bits per heavy atom. The van der Waals surface area contributed by atoms with E-state index in [0.29, 0.717) is 24.6 Å². The second-order valence-electron chi connectivity index (χ2n) is 7.63. The maximum atomic E-state index is 12.6. The molecule has 9 heteroatoms. The zero-order valence-corrected chi connectivity index (χ0v) is 18.7. The van der Waals surface area contributed by atoms with Crippen molar-refractivity contribution >= 4 is 34.1 Å². The number of carbonyl (C=O) groups excluding carboxylic acids is 2. The number of anilines is 2. The number of nitrogens with zero attached hydrogens (tertiary/aromatic N) is 4. The minimum absolute atomic E-state index is 0.234. The molecule has 166 valence electrons. The van der Waals surface area contributed by atoms with Crippen molar-refractivity contribution in [3.05, 3.63) is 71.2 Å². The fourth-order valence-electron chi connectivity index (χ4n) is 3.51. The average Bonchev–Trinajstić information content (AvgIpc) is 3.26. The summed E-state index contributed by atoms with van der Waals surface area (Å²) in [5, 5.41) is 15.0. The molecule has 32 heavy (non-hydrogen) atoms. The smallest absolute Gasteiger partial charge is 0.318 e. The van der Waals surface area contributed by atoms with E-state index in [1.807, 2.05) is 48.5 Å². The lowest BCUT2D eigenvalue weighted by Gasteiger charge is -2.36. The maximum Gasteiger partial charge on any atom is 0.318 e. The molecule has 1 saturated heterocycles. The van der Waals surface area contributed by atoms with E-state index in [2.05, 4.69) is 37.9 Å². The molecule has 3 amide bonds. The van der Waals surface area contributed by atoms with Gasteiger partial charge in [-0.25, -0.2) is 4.79 Å². The van der Waals surface area contributed by atoms with Gasteiger partial charge in [0, 0.05) is 38.3 Å². The number of hydrogen-bond donors (Lipinski definition) is 2. The molecule has 3 aromatic rings. The van der Waals surface area contributed by atoms with Gasteiger partial charge in [-0.15, -0.1) is 10.2 Å². The molecule has 0 spiro atoms. The van der Waals surface area contributed by atoms with Gasteiger partial charge in [0.25, 0.3) is 0 Å². The summed E-state index contributed by atoms with van der Waals surface area (Å²) in [6.45, 7) is 4.39. The number of piperazine rings is 1. The maximum absolute atomic E-state index is 12.6. The Morgan fingerprint density at radius 3 is 2.31 bits per heavy atom. The van der Waals surface area contributed by atoms with Crippen LogP contribution in [0.3, 0.4) is 0 Å². The number of urea groups is 1. The molecule has 1 aliphatic rings. The number of hydrogen-bond acceptors (Lipinski definition) is 6. The van der Waals surface area contributed by atoms with Gasteiger partial charge in [-0.1, -0.05) is 59.9 Å². The van der Waals surface area contributed by atoms with Crippen molar-refractivity contribution in [2.75, 3.05) is 36.4 Å². The quantitative estimate of drug-likeness (QED) is 0.603. The van der Waals surface area contributed by atoms with Crippen LogP contribution in [-0.2, 0) is 11.2 Å². The molecule has 1 atom stereocenters. The lowest BCUT2D eigenvalue weighted by atomic mass is 10.2. The topological polar surface area (TPSA) is 90.5 Å². The van der Waals surface area contributed by atoms with Crippen LogP contribution in [0.5, 0.6) is 0 Å². The zero-order chi connectivity index (χ0) is 22.3. The van der Waals surface area contributed by atoms with E-state index in [9.17, 15) is 9.59 Å². The predicted octanol–water partition coefficient (Wildman–Crippen LogP) is 2.99. The third-order valence-corrected chi connectivity index (χ3v) is 6.16. The van der Waals surface area contributed by atoms with Gasteiger partial charge in [-0.3, -0.25) is 10.1 Å². The van der Waals surface area contributed by atoms with Crippen molar-refractivity contribution < 1.29 is 9.59 Å². The first kappa shape index (κ1) is 21.8. The standard InChI is InChI=1S/C23H26N6O2S/c1-17(21(30)25-22-27-26-20(32-22)16-18-8-4-2-5-9-18)24-23(31)29-14-12-28(13-15-29)19-10-6-3-7-11-19/h2-11,17H,12-16H2,1H3,(H,24,31)(H,25,27,30)/t17-/m1/s1. The highest BCUT2D eigenvalue weighted by Gasteiger charge is 2.24. The van der Waals surface area contributed by atoms with E-state index >= 15 is 0 Å². The minimum atomic E-state index is -0.684. The summed E-state index contributed by atoms with van der Waals surface area (Å²) in [6, 6.07) is 19.2. The summed E-state index contributed by atoms with van der Waals surface area (Å²) in [5.41, 5.74) is 2.29. The second-order valence-corrected chi connectivity index (χ2v) is 8.70. The molecule has 2 heterocycles. The molecule has 1 fully saturated rings. The number of carbonyl (C=O) groups is 2. The summed E-state index contributed by atoms with van der Waals surface area (Å²) in [6.07, 6.45) is 0.662. The Kier molecular flexibility index (Phi) is 6.96. The highest BCUT2D eigenvalue weighted by atomic mass is 32.1. The summed E-state index contributed by atoms with van der Waals surface area (Å²) in [5.74, 6) is -0.316. The number of benzene rings is 2. The van der Waals surface area contributed by atoms with Gasteiger partial charge in [0.1, 0.15) is 11.0 Å². The van der Waals surface area contributed by atoms with Crippen LogP contribution < -0.4 is 15.5 Å². The third kappa shape index (κ3) is 5.61. The van der Waals surface area contributed by atoms with Crippen LogP contribution >= 0.6 is 11.3 Å². The molecule has 4 rings (SSSR count). The van der Waals surface area contributed by atoms with E-state index in [4.69, 9.17) is 0 Å². The van der Waals surface area contributed by atoms with Gasteiger partial charge < -0.3 is 15.1 Å². The molecular weight excluding hydrogens is 424 g/mol. The molecule has 8 nitrogen and oxygen atoms in total. The highest BCUT2D eigenvalue weighted by molar-refractivity contribution is 7.15. The van der Waals surface area contributed by atoms with E-state index < -0.39 is 6.04 Å². The van der Waals surface area contributed by atoms with Gasteiger partial charge in [0.2, 0.25) is 11.0 Å². The van der Waals surface area contributed by atoms with Crippen LogP contribution in [0, 0.1) is 0 Å². The number of aromatic nitrogens is 2. The Labute approximate surface area is 191 Å². The Bertz CT molecular complexity index is 1030. The molecular formula is C23H26N6O2S. The molecule has 1 aromatic heterocycles. The Hall–Kier alpha value is -3.46. The van der Waals surface area contributed by atoms with Crippen LogP contribution in [0.2, 0.25) is 0 Å². The lowest BCUT2D eigenvalue weighted by Crippen LogP contribution is -2.54. The number of rotatable bonds is 6. The fourth-order valence-corrected chi connectivity index (χ4v) is 4.29. The predicted molar refractivity (Wildman–Crippen MR) is 126 cm³/mol. The van der Waals surface area contributed by atoms with Crippen molar-refractivity contribution in [2.24, 2.45) is 0 Å². The Balaban J connectivity index is 1.24. The van der Waals surface area contributed by atoms with Gasteiger partial charge in [-0.05, 0) is 24.6 Å². The molecule has 1 aliphatic heterocycles. The third-order valence-electron chi connectivity index (χ3n) is 5.32. The molecule has 0 unspecified atom stereocenters. The molecule has 0 bridgehead atoms. The summed E-state index contributed by atoms with van der Waals surface area (Å²) in [4.78, 5) is 29.1. The average molecular weight is 451 g/mol. The van der Waals surface area contributed by atoms with Gasteiger partial charge in [0.15, 0.2) is 0 Å². The van der Waals surface area contributed by atoms with Gasteiger partial charge in [-0.2, -0.15) is 0 Å². The minimum Gasteiger partial charge on any atom is -0.368 e. The summed E-state index contributed by atoms with van der Waals surface area (Å²) < 4.78 is 0. The number of amides is 3. The van der Waals surface area contributed by atoms with Crippen LogP contribution in [0.1, 0.15) is 17.5 Å². The van der Waals surface area contributed by atoms with Crippen molar-refractivity contribution in [2.45, 2.75) is 19.4 Å².